The molecule has 3 nitrogen and oxygen atoms in total. The van der Waals surface area contributed by atoms with Crippen LogP contribution in [0, 0.1) is 18.3 Å². The van der Waals surface area contributed by atoms with E-state index in [2.05, 4.69) is 43.0 Å². The van der Waals surface area contributed by atoms with E-state index in [4.69, 9.17) is 5.73 Å². The fourth-order valence-electron chi connectivity index (χ4n) is 2.32. The first-order chi connectivity index (χ1) is 9.69. The smallest absolute Gasteiger partial charge is 0.101 e. The molecule has 0 atom stereocenters. The third-order valence-electron chi connectivity index (χ3n) is 3.34. The second-order valence-electron chi connectivity index (χ2n) is 4.75. The van der Waals surface area contributed by atoms with Gasteiger partial charge in [-0.25, -0.2) is 0 Å². The summed E-state index contributed by atoms with van der Waals surface area (Å²) in [5.74, 6) is 0. The molecule has 2 N–H and O–H groups in total. The van der Waals surface area contributed by atoms with E-state index in [1.165, 1.54) is 5.56 Å². The molecule has 0 saturated heterocycles. The summed E-state index contributed by atoms with van der Waals surface area (Å²) in [5, 5.41) is 9.37. The van der Waals surface area contributed by atoms with Gasteiger partial charge in [-0.15, -0.1) is 0 Å². The van der Waals surface area contributed by atoms with E-state index in [0.717, 1.165) is 23.5 Å². The predicted octanol–water partition coefficient (Wildman–Crippen LogP) is 3.48. The van der Waals surface area contributed by atoms with E-state index in [0.29, 0.717) is 12.1 Å². The van der Waals surface area contributed by atoms with Crippen molar-refractivity contribution in [3.8, 4) is 6.07 Å². The van der Waals surface area contributed by atoms with Gasteiger partial charge in [0.15, 0.2) is 0 Å². The van der Waals surface area contributed by atoms with E-state index in [1.54, 1.807) is 0 Å². The fraction of sp³-hybridized carbons (Fsp3) is 0.235. The first kappa shape index (κ1) is 14.1. The summed E-state index contributed by atoms with van der Waals surface area (Å²) in [5.41, 5.74) is 10.5. The zero-order valence-electron chi connectivity index (χ0n) is 11.9. The van der Waals surface area contributed by atoms with Crippen molar-refractivity contribution in [3.63, 3.8) is 0 Å². The van der Waals surface area contributed by atoms with Crippen molar-refractivity contribution in [1.82, 2.24) is 0 Å². The Morgan fingerprint density at radius 1 is 1.20 bits per heavy atom. The van der Waals surface area contributed by atoms with Gasteiger partial charge < -0.3 is 10.6 Å². The molecule has 20 heavy (non-hydrogen) atoms. The van der Waals surface area contributed by atoms with Gasteiger partial charge in [0.1, 0.15) is 6.07 Å². The molecule has 0 aliphatic rings. The highest BCUT2D eigenvalue weighted by Gasteiger charge is 2.12. The van der Waals surface area contributed by atoms with Crippen LogP contribution in [0.25, 0.3) is 0 Å². The maximum atomic E-state index is 9.37. The lowest BCUT2D eigenvalue weighted by Gasteiger charge is -2.25. The molecule has 0 aromatic heterocycles. The molecule has 0 aliphatic carbocycles. The molecule has 3 heteroatoms. The van der Waals surface area contributed by atoms with Crippen LogP contribution in [0.3, 0.4) is 0 Å². The van der Waals surface area contributed by atoms with Gasteiger partial charge in [-0.2, -0.15) is 5.26 Å². The van der Waals surface area contributed by atoms with E-state index >= 15 is 0 Å². The van der Waals surface area contributed by atoms with Crippen LogP contribution in [0.15, 0.2) is 42.5 Å². The molecular formula is C17H19N3. The maximum Gasteiger partial charge on any atom is 0.101 e. The molecule has 0 aliphatic heterocycles. The molecule has 0 bridgehead atoms. The Morgan fingerprint density at radius 2 is 2.00 bits per heavy atom. The second-order valence-corrected chi connectivity index (χ2v) is 4.75. The third kappa shape index (κ3) is 2.81. The molecule has 0 spiro atoms. The Hall–Kier alpha value is -2.31. The minimum absolute atomic E-state index is 0.450. The highest BCUT2D eigenvalue weighted by atomic mass is 15.1. The summed E-state index contributed by atoms with van der Waals surface area (Å²) in [7, 11) is 0. The van der Waals surface area contributed by atoms with E-state index in [-0.39, 0.29) is 0 Å². The maximum absolute atomic E-state index is 9.37. The Balaban J connectivity index is 2.50. The number of benzene rings is 2. The summed E-state index contributed by atoms with van der Waals surface area (Å²) < 4.78 is 0. The Bertz CT molecular complexity index is 641. The van der Waals surface area contributed by atoms with Gasteiger partial charge >= 0.3 is 0 Å². The summed E-state index contributed by atoms with van der Waals surface area (Å²) >= 11 is 0. The highest BCUT2D eigenvalue weighted by molar-refractivity contribution is 5.70. The van der Waals surface area contributed by atoms with Gasteiger partial charge in [-0.1, -0.05) is 18.2 Å². The number of nitrogens with two attached hydrogens (primary N) is 1. The lowest BCUT2D eigenvalue weighted by Crippen LogP contribution is -2.17. The van der Waals surface area contributed by atoms with Gasteiger partial charge in [0.05, 0.1) is 11.3 Å². The minimum Gasteiger partial charge on any atom is -0.341 e. The molecule has 0 saturated carbocycles. The number of rotatable bonds is 4. The molecule has 2 aromatic carbocycles. The average Bonchev–Trinajstić information content (AvgIpc) is 2.48. The number of hydrogen-bond donors (Lipinski definition) is 1. The first-order valence-electron chi connectivity index (χ1n) is 6.77. The number of aryl methyl sites for hydroxylation is 1. The predicted molar refractivity (Wildman–Crippen MR) is 82.9 cm³/mol. The SMILES string of the molecule is CCN(c1cccc(C)c1)c1ccc(CN)cc1C#N. The number of nitrogens with zero attached hydrogens (tertiary/aromatic N) is 2. The summed E-state index contributed by atoms with van der Waals surface area (Å²) in [6, 6.07) is 16.4. The summed E-state index contributed by atoms with van der Waals surface area (Å²) in [6.45, 7) is 5.41. The summed E-state index contributed by atoms with van der Waals surface area (Å²) in [4.78, 5) is 2.14. The number of hydrogen-bond acceptors (Lipinski definition) is 3. The lowest BCUT2D eigenvalue weighted by atomic mass is 10.1. The van der Waals surface area contributed by atoms with Gasteiger partial charge in [0.2, 0.25) is 0 Å². The van der Waals surface area contributed by atoms with Crippen LogP contribution in [0.1, 0.15) is 23.6 Å². The Morgan fingerprint density at radius 3 is 2.60 bits per heavy atom. The third-order valence-corrected chi connectivity index (χ3v) is 3.34. The molecule has 0 heterocycles. The molecule has 2 rings (SSSR count). The molecule has 0 amide bonds. The van der Waals surface area contributed by atoms with Crippen molar-refractivity contribution >= 4 is 11.4 Å². The van der Waals surface area contributed by atoms with Crippen LogP contribution in [0.5, 0.6) is 0 Å². The van der Waals surface area contributed by atoms with Gasteiger partial charge in [0, 0.05) is 18.8 Å². The van der Waals surface area contributed by atoms with Crippen LogP contribution in [-0.2, 0) is 6.54 Å². The molecule has 2 aromatic rings. The number of nitriles is 1. The molecule has 0 unspecified atom stereocenters. The zero-order valence-corrected chi connectivity index (χ0v) is 11.9. The quantitative estimate of drug-likeness (QED) is 0.920. The standard InChI is InChI=1S/C17H19N3/c1-3-20(16-6-4-5-13(2)9-16)17-8-7-14(11-18)10-15(17)12-19/h4-10H,3,11,18H2,1-2H3. The van der Waals surface area contributed by atoms with Gasteiger partial charge in [-0.3, -0.25) is 0 Å². The van der Waals surface area contributed by atoms with Gasteiger partial charge in [-0.05, 0) is 49.2 Å². The normalized spacial score (nSPS) is 10.1. The number of anilines is 2. The van der Waals surface area contributed by atoms with Crippen LogP contribution in [-0.4, -0.2) is 6.54 Å². The molecule has 102 valence electrons. The van der Waals surface area contributed by atoms with Crippen molar-refractivity contribution in [2.75, 3.05) is 11.4 Å². The van der Waals surface area contributed by atoms with Crippen LogP contribution in [0.2, 0.25) is 0 Å². The van der Waals surface area contributed by atoms with Gasteiger partial charge in [0.25, 0.3) is 0 Å². The molecule has 0 radical (unpaired) electrons. The van der Waals surface area contributed by atoms with Crippen molar-refractivity contribution < 1.29 is 0 Å². The van der Waals surface area contributed by atoms with E-state index in [9.17, 15) is 5.26 Å². The zero-order chi connectivity index (χ0) is 14.5. The second kappa shape index (κ2) is 6.23. The molecular weight excluding hydrogens is 246 g/mol. The van der Waals surface area contributed by atoms with Crippen LogP contribution >= 0.6 is 0 Å². The lowest BCUT2D eigenvalue weighted by molar-refractivity contribution is 1.01. The monoisotopic (exact) mass is 265 g/mol. The minimum atomic E-state index is 0.450. The van der Waals surface area contributed by atoms with Crippen molar-refractivity contribution in [1.29, 1.82) is 5.26 Å². The summed E-state index contributed by atoms with van der Waals surface area (Å²) in [6.07, 6.45) is 0. The van der Waals surface area contributed by atoms with Crippen molar-refractivity contribution in [2.24, 2.45) is 5.73 Å². The largest absolute Gasteiger partial charge is 0.341 e. The highest BCUT2D eigenvalue weighted by Crippen LogP contribution is 2.29. The first-order valence-corrected chi connectivity index (χ1v) is 6.77. The van der Waals surface area contributed by atoms with E-state index in [1.807, 2.05) is 24.3 Å². The Kier molecular flexibility index (Phi) is 4.39. The Labute approximate surface area is 120 Å². The fourth-order valence-corrected chi connectivity index (χ4v) is 2.32. The van der Waals surface area contributed by atoms with Crippen molar-refractivity contribution in [2.45, 2.75) is 20.4 Å². The van der Waals surface area contributed by atoms with Crippen LogP contribution < -0.4 is 10.6 Å². The van der Waals surface area contributed by atoms with Crippen molar-refractivity contribution in [3.05, 3.63) is 59.2 Å². The van der Waals surface area contributed by atoms with Crippen LogP contribution in [0.4, 0.5) is 11.4 Å². The van der Waals surface area contributed by atoms with E-state index < -0.39 is 0 Å². The molecule has 0 fully saturated rings. The average molecular weight is 265 g/mol. The topological polar surface area (TPSA) is 53.0 Å².